The van der Waals surface area contributed by atoms with Gasteiger partial charge in [-0.1, -0.05) is 24.3 Å². The lowest BCUT2D eigenvalue weighted by atomic mass is 10.1. The first-order valence-corrected chi connectivity index (χ1v) is 10.7. The fourth-order valence-electron chi connectivity index (χ4n) is 4.43. The predicted octanol–water partition coefficient (Wildman–Crippen LogP) is 1.62. The standard InChI is InChI=1S/C24H27N5O2/c1-2-3-11-29(20-13-17-6-4-5-7-18(17)14-20)24-26-15-19-16-28(12-10-21(19)27-24)23(31)9-8-22(25)30/h1,4-7,15,20H,3,8-14,16H2,(H2,25,30). The Morgan fingerprint density at radius 3 is 2.61 bits per heavy atom. The number of hydrogen-bond donors (Lipinski definition) is 1. The number of fused-ring (bicyclic) bond motifs is 2. The zero-order valence-electron chi connectivity index (χ0n) is 17.6. The second-order valence-corrected chi connectivity index (χ2v) is 8.15. The Hall–Kier alpha value is -3.40. The molecule has 0 spiro atoms. The van der Waals surface area contributed by atoms with Gasteiger partial charge in [0, 0.05) is 63.1 Å². The second kappa shape index (κ2) is 9.17. The van der Waals surface area contributed by atoms with Crippen molar-refractivity contribution >= 4 is 17.8 Å². The number of anilines is 1. The molecule has 2 heterocycles. The molecule has 0 fully saturated rings. The van der Waals surface area contributed by atoms with Gasteiger partial charge in [-0.3, -0.25) is 9.59 Å². The number of carbonyl (C=O) groups excluding carboxylic acids is 2. The van der Waals surface area contributed by atoms with Crippen LogP contribution in [0.25, 0.3) is 0 Å². The van der Waals surface area contributed by atoms with E-state index in [2.05, 4.69) is 40.1 Å². The van der Waals surface area contributed by atoms with Gasteiger partial charge in [0.25, 0.3) is 0 Å². The minimum Gasteiger partial charge on any atom is -0.370 e. The molecule has 1 aliphatic carbocycles. The van der Waals surface area contributed by atoms with E-state index < -0.39 is 5.91 Å². The summed E-state index contributed by atoms with van der Waals surface area (Å²) in [5, 5.41) is 0. The van der Waals surface area contributed by atoms with Gasteiger partial charge in [-0.25, -0.2) is 9.97 Å². The summed E-state index contributed by atoms with van der Waals surface area (Å²) in [4.78, 5) is 36.8. The average Bonchev–Trinajstić information content (AvgIpc) is 3.21. The molecule has 1 aromatic heterocycles. The van der Waals surface area contributed by atoms with Gasteiger partial charge in [0.2, 0.25) is 17.8 Å². The van der Waals surface area contributed by atoms with Crippen LogP contribution in [0.15, 0.2) is 30.5 Å². The molecule has 4 rings (SSSR count). The fraction of sp³-hybridized carbons (Fsp3) is 0.417. The van der Waals surface area contributed by atoms with Crippen molar-refractivity contribution in [3.05, 3.63) is 52.8 Å². The Morgan fingerprint density at radius 2 is 1.94 bits per heavy atom. The van der Waals surface area contributed by atoms with Crippen molar-refractivity contribution < 1.29 is 9.59 Å². The van der Waals surface area contributed by atoms with Crippen LogP contribution in [0.2, 0.25) is 0 Å². The topological polar surface area (TPSA) is 92.4 Å². The van der Waals surface area contributed by atoms with Gasteiger partial charge in [-0.2, -0.15) is 0 Å². The summed E-state index contributed by atoms with van der Waals surface area (Å²) in [7, 11) is 0. The molecule has 1 aliphatic heterocycles. The van der Waals surface area contributed by atoms with E-state index in [1.165, 1.54) is 11.1 Å². The zero-order chi connectivity index (χ0) is 21.8. The molecule has 31 heavy (non-hydrogen) atoms. The molecule has 0 radical (unpaired) electrons. The highest BCUT2D eigenvalue weighted by Gasteiger charge is 2.29. The van der Waals surface area contributed by atoms with Crippen molar-refractivity contribution in [3.63, 3.8) is 0 Å². The molecule has 2 N–H and O–H groups in total. The average molecular weight is 418 g/mol. The van der Waals surface area contributed by atoms with Crippen LogP contribution in [-0.2, 0) is 35.4 Å². The normalized spacial score (nSPS) is 15.1. The number of nitrogens with zero attached hydrogens (tertiary/aromatic N) is 4. The largest absolute Gasteiger partial charge is 0.370 e. The van der Waals surface area contributed by atoms with Gasteiger partial charge < -0.3 is 15.5 Å². The van der Waals surface area contributed by atoms with Gasteiger partial charge >= 0.3 is 0 Å². The highest BCUT2D eigenvalue weighted by molar-refractivity contribution is 5.83. The van der Waals surface area contributed by atoms with Crippen LogP contribution < -0.4 is 10.6 Å². The van der Waals surface area contributed by atoms with Gasteiger partial charge in [0.15, 0.2) is 0 Å². The predicted molar refractivity (Wildman–Crippen MR) is 118 cm³/mol. The molecular formula is C24H27N5O2. The van der Waals surface area contributed by atoms with E-state index in [0.717, 1.165) is 24.1 Å². The highest BCUT2D eigenvalue weighted by Crippen LogP contribution is 2.28. The van der Waals surface area contributed by atoms with Crippen molar-refractivity contribution in [2.45, 2.75) is 51.1 Å². The number of carbonyl (C=O) groups is 2. The number of rotatable bonds is 7. The number of nitrogens with two attached hydrogens (primary N) is 1. The Bertz CT molecular complexity index is 1000. The Morgan fingerprint density at radius 1 is 1.19 bits per heavy atom. The maximum Gasteiger partial charge on any atom is 0.225 e. The highest BCUT2D eigenvalue weighted by atomic mass is 16.2. The lowest BCUT2D eigenvalue weighted by Crippen LogP contribution is -2.40. The summed E-state index contributed by atoms with van der Waals surface area (Å²) < 4.78 is 0. The minimum absolute atomic E-state index is 0.0621. The summed E-state index contributed by atoms with van der Waals surface area (Å²) in [5.41, 5.74) is 9.84. The Labute approximate surface area is 182 Å². The lowest BCUT2D eigenvalue weighted by Gasteiger charge is -2.31. The molecule has 2 amide bonds. The van der Waals surface area contributed by atoms with E-state index in [1.807, 2.05) is 6.20 Å². The molecule has 7 nitrogen and oxygen atoms in total. The van der Waals surface area contributed by atoms with Crippen molar-refractivity contribution in [1.82, 2.24) is 14.9 Å². The van der Waals surface area contributed by atoms with E-state index in [0.29, 0.717) is 44.5 Å². The lowest BCUT2D eigenvalue weighted by molar-refractivity contribution is -0.134. The number of hydrogen-bond acceptors (Lipinski definition) is 5. The number of terminal acetylenes is 1. The third-order valence-corrected chi connectivity index (χ3v) is 6.08. The number of primary amides is 1. The molecule has 160 valence electrons. The first-order chi connectivity index (χ1) is 15.0. The summed E-state index contributed by atoms with van der Waals surface area (Å²) in [6.07, 6.45) is 10.8. The van der Waals surface area contributed by atoms with Crippen LogP contribution >= 0.6 is 0 Å². The zero-order valence-corrected chi connectivity index (χ0v) is 17.6. The van der Waals surface area contributed by atoms with E-state index in [9.17, 15) is 9.59 Å². The molecule has 2 aliphatic rings. The number of benzene rings is 1. The van der Waals surface area contributed by atoms with E-state index in [1.54, 1.807) is 4.90 Å². The molecule has 7 heteroatoms. The molecule has 0 saturated heterocycles. The monoisotopic (exact) mass is 417 g/mol. The van der Waals surface area contributed by atoms with Crippen molar-refractivity contribution in [3.8, 4) is 12.3 Å². The summed E-state index contributed by atoms with van der Waals surface area (Å²) in [5.74, 6) is 2.93. The van der Waals surface area contributed by atoms with Crippen molar-refractivity contribution in [1.29, 1.82) is 0 Å². The first-order valence-electron chi connectivity index (χ1n) is 10.7. The maximum absolute atomic E-state index is 12.3. The van der Waals surface area contributed by atoms with Crippen LogP contribution in [0.4, 0.5) is 5.95 Å². The molecule has 2 aromatic rings. The third-order valence-electron chi connectivity index (χ3n) is 6.08. The molecule has 0 saturated carbocycles. The Kier molecular flexibility index (Phi) is 6.17. The molecular weight excluding hydrogens is 390 g/mol. The smallest absolute Gasteiger partial charge is 0.225 e. The Balaban J connectivity index is 1.49. The fourth-order valence-corrected chi connectivity index (χ4v) is 4.43. The summed E-state index contributed by atoms with van der Waals surface area (Å²) in [6, 6.07) is 8.83. The third kappa shape index (κ3) is 4.69. The first kappa shape index (κ1) is 20.9. The SMILES string of the molecule is C#CCCN(c1ncc2c(n1)CCN(C(=O)CCC(N)=O)C2)C1Cc2ccccc2C1. The maximum atomic E-state index is 12.3. The molecule has 1 aromatic carbocycles. The van der Waals surface area contributed by atoms with Gasteiger partial charge in [-0.05, 0) is 24.0 Å². The van der Waals surface area contributed by atoms with Crippen LogP contribution in [0.3, 0.4) is 0 Å². The van der Waals surface area contributed by atoms with Crippen LogP contribution in [0.1, 0.15) is 41.6 Å². The van der Waals surface area contributed by atoms with Crippen LogP contribution in [0, 0.1) is 12.3 Å². The quantitative estimate of drug-likeness (QED) is 0.691. The molecule has 0 unspecified atom stereocenters. The molecule has 0 bridgehead atoms. The number of amides is 2. The van der Waals surface area contributed by atoms with Crippen LogP contribution in [-0.4, -0.2) is 45.8 Å². The summed E-state index contributed by atoms with van der Waals surface area (Å²) in [6.45, 7) is 1.76. The van der Waals surface area contributed by atoms with Gasteiger partial charge in [0.1, 0.15) is 0 Å². The van der Waals surface area contributed by atoms with Crippen molar-refractivity contribution in [2.75, 3.05) is 18.0 Å². The van der Waals surface area contributed by atoms with E-state index in [4.69, 9.17) is 17.1 Å². The minimum atomic E-state index is -0.458. The van der Waals surface area contributed by atoms with Crippen molar-refractivity contribution in [2.24, 2.45) is 5.73 Å². The van der Waals surface area contributed by atoms with E-state index in [-0.39, 0.29) is 18.7 Å². The second-order valence-electron chi connectivity index (χ2n) is 8.15. The van der Waals surface area contributed by atoms with Crippen LogP contribution in [0.5, 0.6) is 0 Å². The number of aromatic nitrogens is 2. The van der Waals surface area contributed by atoms with Gasteiger partial charge in [-0.15, -0.1) is 12.3 Å². The van der Waals surface area contributed by atoms with Gasteiger partial charge in [0.05, 0.1) is 5.69 Å². The molecule has 0 atom stereocenters. The summed E-state index contributed by atoms with van der Waals surface area (Å²) >= 11 is 0. The van der Waals surface area contributed by atoms with E-state index >= 15 is 0 Å².